The summed E-state index contributed by atoms with van der Waals surface area (Å²) in [4.78, 5) is 8.73. The Balaban J connectivity index is 0.00000338. The Morgan fingerprint density at radius 3 is 2.65 bits per heavy atom. The minimum absolute atomic E-state index is 0. The highest BCUT2D eigenvalue weighted by Crippen LogP contribution is 2.16. The molecule has 0 radical (unpaired) electrons. The number of guanidine groups is 1. The van der Waals surface area contributed by atoms with E-state index in [4.69, 9.17) is 0 Å². The fourth-order valence-electron chi connectivity index (χ4n) is 3.19. The smallest absolute Gasteiger partial charge is 0.387 e. The first-order chi connectivity index (χ1) is 12.0. The summed E-state index contributed by atoms with van der Waals surface area (Å²) in [5.74, 6) is 1.64. The molecule has 1 fully saturated rings. The van der Waals surface area contributed by atoms with Crippen LogP contribution in [0.4, 0.5) is 8.78 Å². The zero-order valence-electron chi connectivity index (χ0n) is 15.6. The molecule has 0 aromatic heterocycles. The van der Waals surface area contributed by atoms with Crippen molar-refractivity contribution in [1.29, 1.82) is 0 Å². The van der Waals surface area contributed by atoms with Crippen molar-refractivity contribution in [3.8, 4) is 5.75 Å². The lowest BCUT2D eigenvalue weighted by Gasteiger charge is -2.31. The quantitative estimate of drug-likeness (QED) is 0.384. The highest BCUT2D eigenvalue weighted by Gasteiger charge is 2.18. The number of benzene rings is 1. The molecule has 0 saturated carbocycles. The Labute approximate surface area is 171 Å². The number of alkyl halides is 2. The lowest BCUT2D eigenvalue weighted by Crippen LogP contribution is -2.44. The summed E-state index contributed by atoms with van der Waals surface area (Å²) in [5, 5.41) is 3.44. The van der Waals surface area contributed by atoms with E-state index in [1.54, 1.807) is 31.3 Å². The van der Waals surface area contributed by atoms with Crippen molar-refractivity contribution >= 4 is 29.9 Å². The number of halogens is 3. The lowest BCUT2D eigenvalue weighted by atomic mass is 9.98. The molecule has 0 aliphatic carbocycles. The van der Waals surface area contributed by atoms with E-state index in [-0.39, 0.29) is 29.7 Å². The maximum atomic E-state index is 12.2. The molecular weight excluding hydrogens is 453 g/mol. The Kier molecular flexibility index (Phi) is 10.1. The van der Waals surface area contributed by atoms with Gasteiger partial charge in [-0.2, -0.15) is 8.78 Å². The Morgan fingerprint density at radius 2 is 2.08 bits per heavy atom. The maximum Gasteiger partial charge on any atom is 0.387 e. The van der Waals surface area contributed by atoms with Crippen LogP contribution < -0.4 is 10.1 Å². The van der Waals surface area contributed by atoms with Crippen LogP contribution in [0.25, 0.3) is 0 Å². The number of piperidine rings is 1. The van der Waals surface area contributed by atoms with Crippen LogP contribution in [0.15, 0.2) is 29.3 Å². The van der Waals surface area contributed by atoms with E-state index < -0.39 is 6.61 Å². The molecule has 8 heteroatoms. The molecule has 0 amide bonds. The van der Waals surface area contributed by atoms with Crippen LogP contribution in [0, 0.1) is 5.92 Å². The average Bonchev–Trinajstić information content (AvgIpc) is 2.57. The van der Waals surface area contributed by atoms with Gasteiger partial charge in [0.15, 0.2) is 5.96 Å². The number of rotatable bonds is 6. The van der Waals surface area contributed by atoms with Gasteiger partial charge in [-0.3, -0.25) is 4.99 Å². The van der Waals surface area contributed by atoms with Crippen LogP contribution in [0.2, 0.25) is 0 Å². The molecule has 148 valence electrons. The van der Waals surface area contributed by atoms with Crippen molar-refractivity contribution in [2.24, 2.45) is 10.9 Å². The molecule has 1 aliphatic rings. The number of aliphatic imine (C=N–C) groups is 1. The van der Waals surface area contributed by atoms with Crippen LogP contribution in [0.5, 0.6) is 5.75 Å². The van der Waals surface area contributed by atoms with Crippen molar-refractivity contribution in [3.63, 3.8) is 0 Å². The van der Waals surface area contributed by atoms with Gasteiger partial charge in [-0.1, -0.05) is 12.1 Å². The molecule has 1 saturated heterocycles. The van der Waals surface area contributed by atoms with E-state index >= 15 is 0 Å². The van der Waals surface area contributed by atoms with Gasteiger partial charge in [-0.25, -0.2) is 0 Å². The van der Waals surface area contributed by atoms with Crippen molar-refractivity contribution in [3.05, 3.63) is 29.8 Å². The highest BCUT2D eigenvalue weighted by molar-refractivity contribution is 14.0. The third kappa shape index (κ3) is 7.61. The number of likely N-dealkylation sites (tertiary alicyclic amines) is 1. The Bertz CT molecular complexity index is 557. The summed E-state index contributed by atoms with van der Waals surface area (Å²) < 4.78 is 28.7. The molecule has 0 bridgehead atoms. The van der Waals surface area contributed by atoms with Crippen molar-refractivity contribution in [2.75, 3.05) is 40.8 Å². The van der Waals surface area contributed by atoms with Gasteiger partial charge >= 0.3 is 6.61 Å². The fraction of sp³-hybridized carbons (Fsp3) is 0.611. The Hall–Kier alpha value is -1.16. The van der Waals surface area contributed by atoms with Gasteiger partial charge in [0.25, 0.3) is 0 Å². The van der Waals surface area contributed by atoms with Crippen LogP contribution in [0.3, 0.4) is 0 Å². The van der Waals surface area contributed by atoms with E-state index in [0.29, 0.717) is 12.5 Å². The maximum absolute atomic E-state index is 12.2. The Morgan fingerprint density at radius 1 is 1.38 bits per heavy atom. The first kappa shape index (κ1) is 22.9. The van der Waals surface area contributed by atoms with Gasteiger partial charge in [0.05, 0.1) is 0 Å². The van der Waals surface area contributed by atoms with Crippen LogP contribution in [0.1, 0.15) is 18.4 Å². The molecular formula is C18H29F2IN4O. The summed E-state index contributed by atoms with van der Waals surface area (Å²) in [5.41, 5.74) is 1.00. The molecule has 26 heavy (non-hydrogen) atoms. The number of ether oxygens (including phenoxy) is 1. The van der Waals surface area contributed by atoms with Gasteiger partial charge < -0.3 is 19.9 Å². The first-order valence-electron chi connectivity index (χ1n) is 8.62. The molecule has 1 N–H and O–H groups in total. The molecule has 2 rings (SSSR count). The van der Waals surface area contributed by atoms with Crippen molar-refractivity contribution < 1.29 is 13.5 Å². The average molecular weight is 482 g/mol. The van der Waals surface area contributed by atoms with Crippen LogP contribution in [-0.4, -0.2) is 63.1 Å². The van der Waals surface area contributed by atoms with E-state index in [2.05, 4.69) is 27.0 Å². The second-order valence-electron chi connectivity index (χ2n) is 6.58. The van der Waals surface area contributed by atoms with Crippen LogP contribution in [-0.2, 0) is 6.54 Å². The topological polar surface area (TPSA) is 40.1 Å². The summed E-state index contributed by atoms with van der Waals surface area (Å²) in [6.45, 7) is 1.03. The molecule has 1 aliphatic heterocycles. The predicted molar refractivity (Wildman–Crippen MR) is 112 cm³/mol. The van der Waals surface area contributed by atoms with E-state index in [1.807, 2.05) is 11.9 Å². The molecule has 1 aromatic rings. The molecule has 0 spiro atoms. The van der Waals surface area contributed by atoms with Crippen molar-refractivity contribution in [1.82, 2.24) is 15.1 Å². The molecule has 1 atom stereocenters. The summed E-state index contributed by atoms with van der Waals surface area (Å²) in [7, 11) is 5.89. The summed E-state index contributed by atoms with van der Waals surface area (Å²) in [6, 6.07) is 6.70. The van der Waals surface area contributed by atoms with Gasteiger partial charge in [0.2, 0.25) is 0 Å². The molecule has 5 nitrogen and oxygen atoms in total. The molecule has 1 heterocycles. The monoisotopic (exact) mass is 482 g/mol. The van der Waals surface area contributed by atoms with Crippen molar-refractivity contribution in [2.45, 2.75) is 26.0 Å². The zero-order valence-corrected chi connectivity index (χ0v) is 18.0. The number of hydrogen-bond acceptors (Lipinski definition) is 3. The normalized spacial score (nSPS) is 18.4. The highest BCUT2D eigenvalue weighted by atomic mass is 127. The number of nitrogens with one attached hydrogen (secondary N) is 1. The third-order valence-electron chi connectivity index (χ3n) is 4.41. The number of hydrogen-bond donors (Lipinski definition) is 1. The summed E-state index contributed by atoms with van der Waals surface area (Å²) in [6.07, 6.45) is 2.48. The second-order valence-corrected chi connectivity index (χ2v) is 6.58. The largest absolute Gasteiger partial charge is 0.435 e. The zero-order chi connectivity index (χ0) is 18.2. The van der Waals surface area contributed by atoms with E-state index in [0.717, 1.165) is 24.6 Å². The fourth-order valence-corrected chi connectivity index (χ4v) is 3.19. The van der Waals surface area contributed by atoms with Gasteiger partial charge in [0.1, 0.15) is 5.75 Å². The van der Waals surface area contributed by atoms with Gasteiger partial charge in [-0.15, -0.1) is 24.0 Å². The predicted octanol–water partition coefficient (Wildman–Crippen LogP) is 3.26. The minimum atomic E-state index is -2.80. The minimum Gasteiger partial charge on any atom is -0.435 e. The third-order valence-corrected chi connectivity index (χ3v) is 4.41. The summed E-state index contributed by atoms with van der Waals surface area (Å²) >= 11 is 0. The van der Waals surface area contributed by atoms with E-state index in [9.17, 15) is 8.78 Å². The van der Waals surface area contributed by atoms with E-state index in [1.165, 1.54) is 19.4 Å². The standard InChI is InChI=1S/C18H28F2N4O.HI/c1-21-18(22-11-15-5-4-10-23(2)12-15)24(3)13-14-6-8-16(9-7-14)25-17(19)20;/h6-9,15,17H,4-5,10-13H2,1-3H3,(H,21,22);1H. The number of nitrogens with zero attached hydrogens (tertiary/aromatic N) is 3. The van der Waals surface area contributed by atoms with Crippen LogP contribution >= 0.6 is 24.0 Å². The first-order valence-corrected chi connectivity index (χ1v) is 8.62. The molecule has 1 unspecified atom stereocenters. The second kappa shape index (κ2) is 11.5. The lowest BCUT2D eigenvalue weighted by molar-refractivity contribution is -0.0498. The van der Waals surface area contributed by atoms with Gasteiger partial charge in [-0.05, 0) is 50.0 Å². The molecule has 1 aromatic carbocycles. The SMILES string of the molecule is CN=C(NCC1CCCN(C)C1)N(C)Cc1ccc(OC(F)F)cc1.I. The van der Waals surface area contributed by atoms with Gasteiger partial charge in [0, 0.05) is 33.7 Å².